The first-order valence-electron chi connectivity index (χ1n) is 20.7. The van der Waals surface area contributed by atoms with Crippen molar-refractivity contribution in [3.63, 3.8) is 0 Å². The lowest BCUT2D eigenvalue weighted by molar-refractivity contribution is -0.134. The Balaban J connectivity index is 0.782. The van der Waals surface area contributed by atoms with E-state index in [2.05, 4.69) is 68.5 Å². The molecule has 5 aliphatic rings. The topological polar surface area (TPSA) is 76.1 Å². The highest BCUT2D eigenvalue weighted by molar-refractivity contribution is 6.00. The van der Waals surface area contributed by atoms with Crippen molar-refractivity contribution < 1.29 is 23.5 Å². The van der Waals surface area contributed by atoms with Crippen molar-refractivity contribution in [2.24, 2.45) is 11.3 Å². The van der Waals surface area contributed by atoms with Crippen LogP contribution in [0.1, 0.15) is 96.9 Å². The number of nitrogens with zero attached hydrogens (tertiary/aromatic N) is 3. The summed E-state index contributed by atoms with van der Waals surface area (Å²) in [6.45, 7) is 7.69. The van der Waals surface area contributed by atoms with Crippen LogP contribution in [0.4, 0.5) is 20.2 Å². The number of carbonyl (C=O) groups is 2. The van der Waals surface area contributed by atoms with E-state index in [-0.39, 0.29) is 47.3 Å². The van der Waals surface area contributed by atoms with Crippen LogP contribution in [-0.2, 0) is 15.5 Å². The monoisotopic (exact) mass is 758 g/mol. The summed E-state index contributed by atoms with van der Waals surface area (Å²) in [7, 11) is 0. The van der Waals surface area contributed by atoms with Crippen molar-refractivity contribution in [3.8, 4) is 5.75 Å². The van der Waals surface area contributed by atoms with E-state index in [1.165, 1.54) is 75.2 Å². The largest absolute Gasteiger partial charge is 0.508 e. The van der Waals surface area contributed by atoms with E-state index in [1.54, 1.807) is 6.07 Å². The molecule has 0 radical (unpaired) electrons. The van der Waals surface area contributed by atoms with Crippen LogP contribution in [-0.4, -0.2) is 67.6 Å². The highest BCUT2D eigenvalue weighted by Crippen LogP contribution is 2.55. The molecule has 0 bridgehead atoms. The number of fused-ring (bicyclic) bond motifs is 1. The van der Waals surface area contributed by atoms with E-state index in [1.807, 2.05) is 30.3 Å². The van der Waals surface area contributed by atoms with E-state index in [4.69, 9.17) is 0 Å². The number of phenolic OH excluding ortho intramolecular Hbond substituents is 1. The summed E-state index contributed by atoms with van der Waals surface area (Å²) in [5, 5.41) is 12.6. The second-order valence-corrected chi connectivity index (χ2v) is 17.3. The lowest BCUT2D eigenvalue weighted by Gasteiger charge is -2.41. The van der Waals surface area contributed by atoms with Crippen LogP contribution in [0.3, 0.4) is 0 Å². The lowest BCUT2D eigenvalue weighted by atomic mass is 9.68. The van der Waals surface area contributed by atoms with E-state index in [0.717, 1.165) is 42.9 Å². The van der Waals surface area contributed by atoms with Gasteiger partial charge in [-0.05, 0) is 115 Å². The Labute approximate surface area is 328 Å². The van der Waals surface area contributed by atoms with E-state index < -0.39 is 5.92 Å². The fourth-order valence-electron chi connectivity index (χ4n) is 10.7. The van der Waals surface area contributed by atoms with E-state index in [9.17, 15) is 14.7 Å². The number of aromatic hydroxyl groups is 1. The molecule has 2 amide bonds. The Bertz CT molecular complexity index is 2040. The molecular weight excluding hydrogens is 707 g/mol. The Morgan fingerprint density at radius 1 is 0.714 bits per heavy atom. The molecule has 4 fully saturated rings. The van der Waals surface area contributed by atoms with Crippen molar-refractivity contribution in [2.45, 2.75) is 75.0 Å². The van der Waals surface area contributed by atoms with Crippen LogP contribution in [0.25, 0.3) is 0 Å². The molecule has 4 heterocycles. The molecular formula is C47H52F2N4O3. The molecule has 292 valence electrons. The van der Waals surface area contributed by atoms with Gasteiger partial charge in [0, 0.05) is 80.9 Å². The summed E-state index contributed by atoms with van der Waals surface area (Å²) < 4.78 is 31.1. The first kappa shape index (κ1) is 36.9. The van der Waals surface area contributed by atoms with Crippen LogP contribution in [0.2, 0.25) is 0 Å². The third kappa shape index (κ3) is 7.31. The van der Waals surface area contributed by atoms with Crippen LogP contribution in [0.15, 0.2) is 97.1 Å². The number of nitrogens with one attached hydrogen (secondary N) is 1. The summed E-state index contributed by atoms with van der Waals surface area (Å²) >= 11 is 0. The average molecular weight is 759 g/mol. The summed E-state index contributed by atoms with van der Waals surface area (Å²) in [6.07, 6.45) is 6.69. The zero-order valence-corrected chi connectivity index (χ0v) is 32.0. The third-order valence-electron chi connectivity index (χ3n) is 13.9. The minimum Gasteiger partial charge on any atom is -0.508 e. The summed E-state index contributed by atoms with van der Waals surface area (Å²) in [4.78, 5) is 31.6. The van der Waals surface area contributed by atoms with Gasteiger partial charge in [0.25, 0.3) is 5.92 Å². The summed E-state index contributed by atoms with van der Waals surface area (Å²) in [5.41, 5.74) is 6.26. The Morgan fingerprint density at radius 2 is 1.36 bits per heavy atom. The van der Waals surface area contributed by atoms with E-state index >= 15 is 8.78 Å². The average Bonchev–Trinajstić information content (AvgIpc) is 3.60. The van der Waals surface area contributed by atoms with Gasteiger partial charge in [-0.2, -0.15) is 0 Å². The Morgan fingerprint density at radius 3 is 2.04 bits per heavy atom. The number of hydrogen-bond donors (Lipinski definition) is 2. The molecule has 3 atom stereocenters. The van der Waals surface area contributed by atoms with Gasteiger partial charge in [0.15, 0.2) is 0 Å². The van der Waals surface area contributed by atoms with Crippen molar-refractivity contribution in [2.75, 3.05) is 55.6 Å². The molecule has 7 nitrogen and oxygen atoms in total. The van der Waals surface area contributed by atoms with E-state index in [0.29, 0.717) is 29.7 Å². The van der Waals surface area contributed by atoms with Crippen molar-refractivity contribution >= 4 is 23.2 Å². The fourth-order valence-corrected chi connectivity index (χ4v) is 10.7. The van der Waals surface area contributed by atoms with Gasteiger partial charge in [0.2, 0.25) is 11.8 Å². The second-order valence-electron chi connectivity index (χ2n) is 17.3. The zero-order chi connectivity index (χ0) is 38.4. The number of hydrogen-bond acceptors (Lipinski definition) is 6. The molecule has 9 rings (SSSR count). The van der Waals surface area contributed by atoms with Crippen molar-refractivity contribution in [1.82, 2.24) is 10.2 Å². The van der Waals surface area contributed by atoms with Crippen LogP contribution >= 0.6 is 0 Å². The predicted molar refractivity (Wildman–Crippen MR) is 216 cm³/mol. The molecule has 0 saturated carbocycles. The first-order chi connectivity index (χ1) is 27.1. The molecule has 4 aromatic carbocycles. The van der Waals surface area contributed by atoms with Crippen molar-refractivity contribution in [1.29, 1.82) is 0 Å². The minimum atomic E-state index is -3.03. The highest BCUT2D eigenvalue weighted by Gasteiger charge is 2.47. The molecule has 0 unspecified atom stereocenters. The number of amides is 2. The smallest absolute Gasteiger partial charge is 0.274 e. The number of alkyl halides is 2. The first-order valence-corrected chi connectivity index (χ1v) is 20.7. The van der Waals surface area contributed by atoms with Crippen LogP contribution in [0.5, 0.6) is 5.75 Å². The zero-order valence-electron chi connectivity index (χ0n) is 32.0. The molecule has 1 spiro atoms. The fraction of sp³-hybridized carbons (Fsp3) is 0.447. The number of anilines is 2. The van der Waals surface area contributed by atoms with Gasteiger partial charge in [-0.15, -0.1) is 0 Å². The number of imide groups is 1. The number of likely N-dealkylation sites (tertiary alicyclic amines) is 1. The number of benzene rings is 4. The summed E-state index contributed by atoms with van der Waals surface area (Å²) in [6, 6.07) is 31.2. The molecule has 4 saturated heterocycles. The normalized spacial score (nSPS) is 25.3. The van der Waals surface area contributed by atoms with Crippen LogP contribution in [0, 0.1) is 11.3 Å². The number of phenols is 1. The quantitative estimate of drug-likeness (QED) is 0.184. The predicted octanol–water partition coefficient (Wildman–Crippen LogP) is 8.53. The highest BCUT2D eigenvalue weighted by atomic mass is 19.3. The molecule has 2 N–H and O–H groups in total. The minimum absolute atomic E-state index is 0.0640. The molecule has 56 heavy (non-hydrogen) atoms. The summed E-state index contributed by atoms with van der Waals surface area (Å²) in [5.74, 6) is -3.68. The molecule has 0 aromatic heterocycles. The number of piperidine rings is 3. The Hall–Kier alpha value is -4.76. The Kier molecular flexibility index (Phi) is 9.84. The molecule has 4 aromatic rings. The maximum Gasteiger partial charge on any atom is 0.274 e. The third-order valence-corrected chi connectivity index (χ3v) is 13.9. The molecule has 4 aliphatic heterocycles. The van der Waals surface area contributed by atoms with Gasteiger partial charge in [-0.25, -0.2) is 8.78 Å². The van der Waals surface area contributed by atoms with Gasteiger partial charge in [0.1, 0.15) is 5.75 Å². The molecule has 9 heteroatoms. The standard InChI is InChI=1S/C47H52F2N4O3/c48-47(49)29-41(33-4-2-1-3-5-33)44(40-15-14-38(54)28-42(40)47)35-8-12-36(13-9-35)52-23-18-32(19-24-52)30-51-25-20-46(31-51)21-26-53(27-22-46)37-10-6-34(7-11-37)39-16-17-43(55)50-45(39)56/h1-15,28,32,39,41,44,54H,16-27,29-31H2,(H,50,55,56)/t39-,41-,44-/m1/s1. The van der Waals surface area contributed by atoms with Gasteiger partial charge in [-0.1, -0.05) is 60.7 Å². The number of carbonyl (C=O) groups excluding carboxylic acids is 2. The van der Waals surface area contributed by atoms with Gasteiger partial charge < -0.3 is 19.8 Å². The number of rotatable bonds is 7. The van der Waals surface area contributed by atoms with Crippen LogP contribution < -0.4 is 15.1 Å². The number of halogens is 2. The second kappa shape index (κ2) is 15.0. The maximum absolute atomic E-state index is 15.6. The van der Waals surface area contributed by atoms with Gasteiger partial charge >= 0.3 is 0 Å². The molecule has 1 aliphatic carbocycles. The van der Waals surface area contributed by atoms with Gasteiger partial charge in [-0.3, -0.25) is 14.9 Å². The maximum atomic E-state index is 15.6. The lowest BCUT2D eigenvalue weighted by Crippen LogP contribution is -2.43. The van der Waals surface area contributed by atoms with Gasteiger partial charge in [0.05, 0.1) is 5.92 Å². The van der Waals surface area contributed by atoms with Crippen molar-refractivity contribution in [3.05, 3.63) is 125 Å². The SMILES string of the molecule is O=C1CC[C@H](c2ccc(N3CCC4(CCN(CC5CCN(c6ccc([C@@H]7c8ccc(O)cc8C(F)(F)C[C@@H]7c7ccccc7)cc6)CC5)C4)CC3)cc2)C(=O)N1.